The van der Waals surface area contributed by atoms with Gasteiger partial charge >= 0.3 is 0 Å². The first kappa shape index (κ1) is 31.2. The Morgan fingerprint density at radius 3 is 1.40 bits per heavy atom. The topological polar surface area (TPSA) is 25.8 Å². The number of unbranched alkanes of at least 4 members (excludes halogenated alkanes) is 10. The largest absolute Gasteiger partial charge is 0.236 e. The average molecular weight is 545 g/mol. The van der Waals surface area contributed by atoms with Gasteiger partial charge < -0.3 is 0 Å². The molecule has 0 saturated heterocycles. The molecule has 2 aliphatic rings. The van der Waals surface area contributed by atoms with Gasteiger partial charge in [-0.25, -0.2) is 9.97 Å². The molecule has 2 aliphatic carbocycles. The summed E-state index contributed by atoms with van der Waals surface area (Å²) in [6.07, 6.45) is 35.2. The van der Waals surface area contributed by atoms with Gasteiger partial charge in [0.05, 0.1) is 0 Å². The summed E-state index contributed by atoms with van der Waals surface area (Å²) in [7, 11) is 0. The van der Waals surface area contributed by atoms with E-state index >= 15 is 0 Å². The highest BCUT2D eigenvalue weighted by Gasteiger charge is 2.24. The Hall–Kier alpha value is -1.70. The van der Waals surface area contributed by atoms with E-state index in [1.807, 2.05) is 0 Å². The van der Waals surface area contributed by atoms with E-state index in [0.29, 0.717) is 5.92 Å². The molecule has 4 rings (SSSR count). The minimum atomic E-state index is 0.660. The van der Waals surface area contributed by atoms with Crippen LogP contribution in [0.1, 0.15) is 178 Å². The number of aromatic nitrogens is 2. The Morgan fingerprint density at radius 1 is 0.500 bits per heavy atom. The second kappa shape index (κ2) is 18.0. The van der Waals surface area contributed by atoms with Gasteiger partial charge in [-0.2, -0.15) is 0 Å². The van der Waals surface area contributed by atoms with Gasteiger partial charge in [0.25, 0.3) is 0 Å². The molecular formula is C38H60N2. The number of hydrogen-bond donors (Lipinski definition) is 0. The van der Waals surface area contributed by atoms with Crippen LogP contribution in [0.5, 0.6) is 0 Å². The van der Waals surface area contributed by atoms with Crippen LogP contribution >= 0.6 is 0 Å². The lowest BCUT2D eigenvalue weighted by Gasteiger charge is -2.29. The summed E-state index contributed by atoms with van der Waals surface area (Å²) in [5, 5.41) is 0. The van der Waals surface area contributed by atoms with Crippen molar-refractivity contribution in [1.82, 2.24) is 9.97 Å². The van der Waals surface area contributed by atoms with Crippen LogP contribution in [-0.2, 0) is 0 Å². The summed E-state index contributed by atoms with van der Waals surface area (Å²) in [5.74, 6) is 4.22. The fourth-order valence-electron chi connectivity index (χ4n) is 7.60. The molecule has 2 nitrogen and oxygen atoms in total. The molecule has 1 aromatic heterocycles. The van der Waals surface area contributed by atoms with Gasteiger partial charge in [-0.05, 0) is 86.2 Å². The lowest BCUT2D eigenvalue weighted by atomic mass is 9.77. The highest BCUT2D eigenvalue weighted by molar-refractivity contribution is 5.55. The molecule has 2 fully saturated rings. The predicted molar refractivity (Wildman–Crippen MR) is 173 cm³/mol. The molecule has 1 heterocycles. The van der Waals surface area contributed by atoms with Gasteiger partial charge in [0.15, 0.2) is 5.82 Å². The first-order valence-electron chi connectivity index (χ1n) is 17.7. The van der Waals surface area contributed by atoms with E-state index in [1.165, 1.54) is 152 Å². The van der Waals surface area contributed by atoms with Gasteiger partial charge in [0, 0.05) is 18.0 Å². The van der Waals surface area contributed by atoms with Crippen LogP contribution in [0.25, 0.3) is 11.4 Å². The lowest BCUT2D eigenvalue weighted by Crippen LogP contribution is -2.14. The summed E-state index contributed by atoms with van der Waals surface area (Å²) in [6.45, 7) is 4.61. The Morgan fingerprint density at radius 2 is 0.925 bits per heavy atom. The highest BCUT2D eigenvalue weighted by atomic mass is 14.9. The Kier molecular flexibility index (Phi) is 14.0. The summed E-state index contributed by atoms with van der Waals surface area (Å²) in [6, 6.07) is 9.24. The second-order valence-corrected chi connectivity index (χ2v) is 13.5. The molecule has 222 valence electrons. The molecule has 2 heteroatoms. The van der Waals surface area contributed by atoms with Gasteiger partial charge in [-0.1, -0.05) is 128 Å². The smallest absolute Gasteiger partial charge is 0.159 e. The zero-order valence-corrected chi connectivity index (χ0v) is 26.2. The predicted octanol–water partition coefficient (Wildman–Crippen LogP) is 12.2. The average Bonchev–Trinajstić information content (AvgIpc) is 3.01. The molecule has 0 bridgehead atoms. The van der Waals surface area contributed by atoms with Crippen molar-refractivity contribution in [3.8, 4) is 11.4 Å². The van der Waals surface area contributed by atoms with Crippen molar-refractivity contribution in [3.63, 3.8) is 0 Å². The SMILES string of the molecule is CCCCCCCCC[C@H]1CC[C@H](c2cnc(-c3ccc([C@H]4CC[C@H](CCCCCCC)CC4)cc3)nc2)CC1. The molecule has 0 unspecified atom stereocenters. The van der Waals surface area contributed by atoms with Crippen molar-refractivity contribution >= 4 is 0 Å². The normalized spacial score (nSPS) is 23.4. The van der Waals surface area contributed by atoms with E-state index in [0.717, 1.165) is 29.1 Å². The van der Waals surface area contributed by atoms with Crippen molar-refractivity contribution in [3.05, 3.63) is 47.8 Å². The molecule has 1 aromatic carbocycles. The fourth-order valence-corrected chi connectivity index (χ4v) is 7.60. The van der Waals surface area contributed by atoms with Crippen LogP contribution in [-0.4, -0.2) is 9.97 Å². The molecule has 2 aromatic rings. The monoisotopic (exact) mass is 544 g/mol. The van der Waals surface area contributed by atoms with Crippen molar-refractivity contribution in [1.29, 1.82) is 0 Å². The van der Waals surface area contributed by atoms with Gasteiger partial charge in [-0.3, -0.25) is 0 Å². The van der Waals surface area contributed by atoms with E-state index in [9.17, 15) is 0 Å². The fraction of sp³-hybridized carbons (Fsp3) is 0.737. The molecule has 0 radical (unpaired) electrons. The van der Waals surface area contributed by atoms with E-state index in [1.54, 1.807) is 0 Å². The van der Waals surface area contributed by atoms with Crippen LogP contribution in [0, 0.1) is 11.8 Å². The second-order valence-electron chi connectivity index (χ2n) is 13.5. The Bertz CT molecular complexity index is 902. The minimum Gasteiger partial charge on any atom is -0.236 e. The molecule has 40 heavy (non-hydrogen) atoms. The summed E-state index contributed by atoms with van der Waals surface area (Å²) >= 11 is 0. The molecular weight excluding hydrogens is 484 g/mol. The highest BCUT2D eigenvalue weighted by Crippen LogP contribution is 2.39. The third kappa shape index (κ3) is 10.3. The first-order valence-corrected chi connectivity index (χ1v) is 17.7. The summed E-state index contributed by atoms with van der Waals surface area (Å²) in [5.41, 5.74) is 4.04. The van der Waals surface area contributed by atoms with Crippen LogP contribution in [0.3, 0.4) is 0 Å². The number of hydrogen-bond acceptors (Lipinski definition) is 2. The van der Waals surface area contributed by atoms with Gasteiger partial charge in [0.1, 0.15) is 0 Å². The van der Waals surface area contributed by atoms with E-state index in [2.05, 4.69) is 50.5 Å². The van der Waals surface area contributed by atoms with Crippen LogP contribution in [0.2, 0.25) is 0 Å². The van der Waals surface area contributed by atoms with Crippen LogP contribution in [0.15, 0.2) is 36.7 Å². The van der Waals surface area contributed by atoms with Crippen LogP contribution < -0.4 is 0 Å². The molecule has 0 spiro atoms. The molecule has 2 saturated carbocycles. The number of benzene rings is 1. The Labute approximate surface area is 247 Å². The molecule has 0 aliphatic heterocycles. The maximum Gasteiger partial charge on any atom is 0.159 e. The van der Waals surface area contributed by atoms with Gasteiger partial charge in [-0.15, -0.1) is 0 Å². The van der Waals surface area contributed by atoms with Crippen molar-refractivity contribution < 1.29 is 0 Å². The standard InChI is InChI=1S/C38H60N2/c1-3-5-7-9-10-12-14-16-32-19-23-35(24-20-32)37-29-39-38(40-30-37)36-27-25-34(26-28-36)33-21-17-31(18-22-33)15-13-11-8-6-4-2/h25-33,35H,3-24H2,1-2H3/t31-,32-,33-,35-. The molecule has 0 atom stereocenters. The third-order valence-corrected chi connectivity index (χ3v) is 10.4. The van der Waals surface area contributed by atoms with E-state index in [-0.39, 0.29) is 0 Å². The third-order valence-electron chi connectivity index (χ3n) is 10.4. The molecule has 0 amide bonds. The zero-order chi connectivity index (χ0) is 27.8. The van der Waals surface area contributed by atoms with Crippen molar-refractivity contribution in [2.45, 2.75) is 167 Å². The van der Waals surface area contributed by atoms with E-state index < -0.39 is 0 Å². The first-order chi connectivity index (χ1) is 19.8. The quantitative estimate of drug-likeness (QED) is 0.185. The van der Waals surface area contributed by atoms with Gasteiger partial charge in [0.2, 0.25) is 0 Å². The summed E-state index contributed by atoms with van der Waals surface area (Å²) < 4.78 is 0. The van der Waals surface area contributed by atoms with E-state index in [4.69, 9.17) is 9.97 Å². The zero-order valence-electron chi connectivity index (χ0n) is 26.2. The van der Waals surface area contributed by atoms with Crippen LogP contribution in [0.4, 0.5) is 0 Å². The van der Waals surface area contributed by atoms with Crippen molar-refractivity contribution in [2.24, 2.45) is 11.8 Å². The lowest BCUT2D eigenvalue weighted by molar-refractivity contribution is 0.301. The Balaban J connectivity index is 1.15. The molecule has 0 N–H and O–H groups in total. The summed E-state index contributed by atoms with van der Waals surface area (Å²) in [4.78, 5) is 9.64. The maximum absolute atomic E-state index is 4.82. The minimum absolute atomic E-state index is 0.660. The number of rotatable bonds is 17. The van der Waals surface area contributed by atoms with Crippen molar-refractivity contribution in [2.75, 3.05) is 0 Å². The maximum atomic E-state index is 4.82. The number of nitrogens with zero attached hydrogens (tertiary/aromatic N) is 2.